The lowest BCUT2D eigenvalue weighted by molar-refractivity contribution is -0.137. The van der Waals surface area contributed by atoms with E-state index < -0.39 is 11.7 Å². The van der Waals surface area contributed by atoms with Crippen molar-refractivity contribution in [2.45, 2.75) is 44.6 Å². The fourth-order valence-corrected chi connectivity index (χ4v) is 3.57. The summed E-state index contributed by atoms with van der Waals surface area (Å²) in [7, 11) is 3.10. The number of carbonyl (C=O) groups excluding carboxylic acids is 1. The van der Waals surface area contributed by atoms with E-state index >= 15 is 0 Å². The van der Waals surface area contributed by atoms with Crippen LogP contribution in [0.15, 0.2) is 42.5 Å². The number of amides is 1. The quantitative estimate of drug-likeness (QED) is 0.626. The van der Waals surface area contributed by atoms with E-state index in [1.165, 1.54) is 12.1 Å². The fourth-order valence-electron chi connectivity index (χ4n) is 3.57. The van der Waals surface area contributed by atoms with Gasteiger partial charge in [0, 0.05) is 18.6 Å². The minimum absolute atomic E-state index is 0.120. The standard InChI is InChI=1S/C23H27F3N2O3/c1-15(17-5-4-6-18(12-17)23(24,25)26)28(19-8-9-19)14-22(29)27-13-16-7-10-20(30-2)21(11-16)31-3/h4-7,10-12,15,19H,8-9,13-14H2,1-3H3,(H,27,29). The summed E-state index contributed by atoms with van der Waals surface area (Å²) < 4.78 is 49.7. The highest BCUT2D eigenvalue weighted by Crippen LogP contribution is 2.36. The molecule has 31 heavy (non-hydrogen) atoms. The molecule has 2 aromatic rings. The molecular formula is C23H27F3N2O3. The molecule has 0 radical (unpaired) electrons. The summed E-state index contributed by atoms with van der Waals surface area (Å²) in [5.74, 6) is 1.000. The number of rotatable bonds is 9. The number of methoxy groups -OCH3 is 2. The summed E-state index contributed by atoms with van der Waals surface area (Å²) in [4.78, 5) is 14.6. The second-order valence-corrected chi connectivity index (χ2v) is 7.67. The number of hydrogen-bond acceptors (Lipinski definition) is 4. The monoisotopic (exact) mass is 436 g/mol. The van der Waals surface area contributed by atoms with E-state index in [4.69, 9.17) is 9.47 Å². The molecule has 1 unspecified atom stereocenters. The van der Waals surface area contributed by atoms with Crippen LogP contribution >= 0.6 is 0 Å². The van der Waals surface area contributed by atoms with Gasteiger partial charge in [-0.05, 0) is 55.2 Å². The van der Waals surface area contributed by atoms with Crippen molar-refractivity contribution in [2.24, 2.45) is 0 Å². The van der Waals surface area contributed by atoms with E-state index in [0.29, 0.717) is 23.6 Å². The van der Waals surface area contributed by atoms with Crippen molar-refractivity contribution in [1.82, 2.24) is 10.2 Å². The third kappa shape index (κ3) is 5.91. The van der Waals surface area contributed by atoms with Gasteiger partial charge in [-0.3, -0.25) is 9.69 Å². The van der Waals surface area contributed by atoms with Gasteiger partial charge >= 0.3 is 6.18 Å². The Kier molecular flexibility index (Phi) is 7.10. The molecule has 8 heteroatoms. The maximum Gasteiger partial charge on any atom is 0.416 e. The van der Waals surface area contributed by atoms with Crippen molar-refractivity contribution < 1.29 is 27.4 Å². The molecule has 0 heterocycles. The molecule has 3 rings (SSSR count). The zero-order valence-electron chi connectivity index (χ0n) is 17.8. The van der Waals surface area contributed by atoms with Crippen LogP contribution in [0.3, 0.4) is 0 Å². The summed E-state index contributed by atoms with van der Waals surface area (Å²) >= 11 is 0. The molecule has 1 aliphatic carbocycles. The summed E-state index contributed by atoms with van der Waals surface area (Å²) in [6, 6.07) is 10.6. The predicted molar refractivity (Wildman–Crippen MR) is 111 cm³/mol. The summed E-state index contributed by atoms with van der Waals surface area (Å²) in [6.45, 7) is 2.28. The second-order valence-electron chi connectivity index (χ2n) is 7.67. The van der Waals surface area contributed by atoms with Crippen molar-refractivity contribution in [3.05, 3.63) is 59.2 Å². The number of carbonyl (C=O) groups is 1. The van der Waals surface area contributed by atoms with Crippen molar-refractivity contribution in [2.75, 3.05) is 20.8 Å². The zero-order chi connectivity index (χ0) is 22.6. The van der Waals surface area contributed by atoms with Gasteiger partial charge < -0.3 is 14.8 Å². The number of alkyl halides is 3. The smallest absolute Gasteiger partial charge is 0.416 e. The van der Waals surface area contributed by atoms with Gasteiger partial charge in [0.15, 0.2) is 11.5 Å². The average molecular weight is 436 g/mol. The highest BCUT2D eigenvalue weighted by Gasteiger charge is 2.35. The highest BCUT2D eigenvalue weighted by atomic mass is 19.4. The zero-order valence-corrected chi connectivity index (χ0v) is 17.8. The molecule has 0 saturated heterocycles. The Morgan fingerprint density at radius 3 is 2.45 bits per heavy atom. The number of benzene rings is 2. The van der Waals surface area contributed by atoms with E-state index in [1.54, 1.807) is 32.4 Å². The van der Waals surface area contributed by atoms with E-state index in [-0.39, 0.29) is 24.5 Å². The van der Waals surface area contributed by atoms with Crippen molar-refractivity contribution in [3.8, 4) is 11.5 Å². The van der Waals surface area contributed by atoms with Gasteiger partial charge in [0.2, 0.25) is 5.91 Å². The molecule has 1 amide bonds. The number of nitrogens with zero attached hydrogens (tertiary/aromatic N) is 1. The van der Waals surface area contributed by atoms with Crippen molar-refractivity contribution in [3.63, 3.8) is 0 Å². The van der Waals surface area contributed by atoms with E-state index in [0.717, 1.165) is 24.5 Å². The molecule has 0 aromatic heterocycles. The number of hydrogen-bond donors (Lipinski definition) is 1. The SMILES string of the molecule is COc1ccc(CNC(=O)CN(C2CC2)C(C)c2cccc(C(F)(F)F)c2)cc1OC. The maximum atomic E-state index is 13.1. The highest BCUT2D eigenvalue weighted by molar-refractivity contribution is 5.78. The molecule has 0 bridgehead atoms. The second kappa shape index (κ2) is 9.60. The molecule has 168 valence electrons. The Morgan fingerprint density at radius 1 is 1.13 bits per heavy atom. The van der Waals surface area contributed by atoms with E-state index in [1.807, 2.05) is 17.9 Å². The first kappa shape index (κ1) is 22.9. The van der Waals surface area contributed by atoms with Crippen LogP contribution in [0.25, 0.3) is 0 Å². The normalized spacial score (nSPS) is 14.9. The van der Waals surface area contributed by atoms with Crippen LogP contribution in [-0.2, 0) is 17.5 Å². The molecule has 1 N–H and O–H groups in total. The average Bonchev–Trinajstić information content (AvgIpc) is 3.60. The van der Waals surface area contributed by atoms with Gasteiger partial charge in [-0.25, -0.2) is 0 Å². The first-order chi connectivity index (χ1) is 14.7. The van der Waals surface area contributed by atoms with Gasteiger partial charge in [0.05, 0.1) is 26.3 Å². The molecule has 1 fully saturated rings. The van der Waals surface area contributed by atoms with Crippen LogP contribution < -0.4 is 14.8 Å². The van der Waals surface area contributed by atoms with Gasteiger partial charge in [-0.1, -0.05) is 18.2 Å². The van der Waals surface area contributed by atoms with Gasteiger partial charge in [-0.15, -0.1) is 0 Å². The molecule has 0 aliphatic heterocycles. The minimum atomic E-state index is -4.39. The number of halogens is 3. The molecule has 0 spiro atoms. The lowest BCUT2D eigenvalue weighted by Crippen LogP contribution is -2.39. The minimum Gasteiger partial charge on any atom is -0.493 e. The van der Waals surface area contributed by atoms with Gasteiger partial charge in [-0.2, -0.15) is 13.2 Å². The Balaban J connectivity index is 1.65. The van der Waals surface area contributed by atoms with Crippen molar-refractivity contribution >= 4 is 5.91 Å². The summed E-state index contributed by atoms with van der Waals surface area (Å²) in [6.07, 6.45) is -2.52. The third-order valence-corrected chi connectivity index (χ3v) is 5.47. The van der Waals surface area contributed by atoms with Gasteiger partial charge in [0.1, 0.15) is 0 Å². The van der Waals surface area contributed by atoms with Gasteiger partial charge in [0.25, 0.3) is 0 Å². The fraction of sp³-hybridized carbons (Fsp3) is 0.435. The number of nitrogens with one attached hydrogen (secondary N) is 1. The molecular weight excluding hydrogens is 409 g/mol. The predicted octanol–water partition coefficient (Wildman–Crippen LogP) is 4.56. The van der Waals surface area contributed by atoms with Crippen LogP contribution in [0, 0.1) is 0 Å². The molecule has 2 aromatic carbocycles. The molecule has 5 nitrogen and oxygen atoms in total. The Hall–Kier alpha value is -2.74. The maximum absolute atomic E-state index is 13.1. The summed E-state index contributed by atoms with van der Waals surface area (Å²) in [5, 5.41) is 2.89. The Bertz CT molecular complexity index is 913. The molecule has 1 saturated carbocycles. The van der Waals surface area contributed by atoms with Crippen LogP contribution in [-0.4, -0.2) is 37.6 Å². The van der Waals surface area contributed by atoms with Crippen LogP contribution in [0.1, 0.15) is 42.5 Å². The van der Waals surface area contributed by atoms with Crippen LogP contribution in [0.2, 0.25) is 0 Å². The first-order valence-corrected chi connectivity index (χ1v) is 10.1. The van der Waals surface area contributed by atoms with Crippen LogP contribution in [0.4, 0.5) is 13.2 Å². The third-order valence-electron chi connectivity index (χ3n) is 5.47. The number of ether oxygens (including phenoxy) is 2. The Labute approximate surface area is 180 Å². The molecule has 1 aliphatic rings. The Morgan fingerprint density at radius 2 is 1.84 bits per heavy atom. The lowest BCUT2D eigenvalue weighted by atomic mass is 10.0. The van der Waals surface area contributed by atoms with E-state index in [2.05, 4.69) is 5.32 Å². The topological polar surface area (TPSA) is 50.8 Å². The lowest BCUT2D eigenvalue weighted by Gasteiger charge is -2.29. The first-order valence-electron chi connectivity index (χ1n) is 10.1. The van der Waals surface area contributed by atoms with E-state index in [9.17, 15) is 18.0 Å². The van der Waals surface area contributed by atoms with Crippen LogP contribution in [0.5, 0.6) is 11.5 Å². The largest absolute Gasteiger partial charge is 0.493 e. The van der Waals surface area contributed by atoms with Crippen molar-refractivity contribution in [1.29, 1.82) is 0 Å². The molecule has 1 atom stereocenters. The summed E-state index contributed by atoms with van der Waals surface area (Å²) in [5.41, 5.74) is 0.731.